The molecule has 0 aromatic rings. The molecule has 3 aliphatic rings. The SMILES string of the molecule is CC(N)CC(O)OC1CCCCC1.CCC(C)C1CCC(C2CCC(C#N)CC2)CC1.CCCCCCCC.NO. The summed E-state index contributed by atoms with van der Waals surface area (Å²) >= 11 is 0. The van der Waals surface area contributed by atoms with Crippen LogP contribution in [0.5, 0.6) is 0 Å². The molecule has 0 spiro atoms. The molecule has 3 fully saturated rings. The van der Waals surface area contributed by atoms with Crippen molar-refractivity contribution in [2.24, 2.45) is 41.2 Å². The molecule has 3 aliphatic carbocycles. The minimum absolute atomic E-state index is 0.0126. The summed E-state index contributed by atoms with van der Waals surface area (Å²) in [5, 5.41) is 24.9. The summed E-state index contributed by atoms with van der Waals surface area (Å²) in [7, 11) is 0. The molecule has 0 aromatic carbocycles. The van der Waals surface area contributed by atoms with Gasteiger partial charge in [0.15, 0.2) is 6.29 Å². The van der Waals surface area contributed by atoms with Gasteiger partial charge in [0.05, 0.1) is 12.2 Å². The van der Waals surface area contributed by atoms with E-state index in [-0.39, 0.29) is 12.1 Å². The van der Waals surface area contributed by atoms with Crippen molar-refractivity contribution in [3.8, 4) is 6.07 Å². The van der Waals surface area contributed by atoms with Crippen LogP contribution in [0, 0.1) is 40.9 Å². The molecule has 6 N–H and O–H groups in total. The van der Waals surface area contributed by atoms with Gasteiger partial charge in [0.1, 0.15) is 0 Å². The zero-order valence-electron chi connectivity index (χ0n) is 27.9. The average molecular weight is 582 g/mol. The van der Waals surface area contributed by atoms with Crippen molar-refractivity contribution in [3.05, 3.63) is 0 Å². The number of aliphatic hydroxyl groups excluding tert-OH is 1. The van der Waals surface area contributed by atoms with E-state index < -0.39 is 6.29 Å². The van der Waals surface area contributed by atoms with E-state index in [9.17, 15) is 5.11 Å². The van der Waals surface area contributed by atoms with Crippen LogP contribution in [0.2, 0.25) is 0 Å². The normalized spacial score (nSPS) is 26.8. The minimum atomic E-state index is -0.664. The topological polar surface area (TPSA) is 126 Å². The maximum Gasteiger partial charge on any atom is 0.156 e. The Labute approximate surface area is 255 Å². The molecule has 3 rings (SSSR count). The number of rotatable bonds is 12. The third kappa shape index (κ3) is 20.0. The molecule has 3 saturated carbocycles. The Hall–Kier alpha value is -0.710. The summed E-state index contributed by atoms with van der Waals surface area (Å²) in [6, 6.07) is 2.47. The van der Waals surface area contributed by atoms with Crippen molar-refractivity contribution >= 4 is 0 Å². The van der Waals surface area contributed by atoms with E-state index in [1.165, 1.54) is 116 Å². The molecule has 0 bridgehead atoms. The van der Waals surface area contributed by atoms with Gasteiger partial charge in [-0.2, -0.15) is 5.26 Å². The fourth-order valence-corrected chi connectivity index (χ4v) is 6.89. The highest BCUT2D eigenvalue weighted by Gasteiger charge is 2.31. The van der Waals surface area contributed by atoms with Gasteiger partial charge in [0.2, 0.25) is 0 Å². The van der Waals surface area contributed by atoms with Crippen molar-refractivity contribution in [2.45, 2.75) is 188 Å². The zero-order valence-corrected chi connectivity index (χ0v) is 27.9. The first kappa shape index (κ1) is 40.3. The Balaban J connectivity index is 0.000000611. The van der Waals surface area contributed by atoms with E-state index in [1.807, 2.05) is 6.92 Å². The van der Waals surface area contributed by atoms with Crippen molar-refractivity contribution in [1.29, 1.82) is 5.26 Å². The van der Waals surface area contributed by atoms with Crippen molar-refractivity contribution in [3.63, 3.8) is 0 Å². The number of nitrogens with zero attached hydrogens (tertiary/aromatic N) is 1. The maximum absolute atomic E-state index is 9.47. The van der Waals surface area contributed by atoms with E-state index in [0.717, 1.165) is 36.5 Å². The summed E-state index contributed by atoms with van der Waals surface area (Å²) in [6.45, 7) is 11.2. The lowest BCUT2D eigenvalue weighted by molar-refractivity contribution is -0.148. The van der Waals surface area contributed by atoms with Crippen LogP contribution in [0.4, 0.5) is 0 Å². The lowest BCUT2D eigenvalue weighted by atomic mass is 9.67. The Bertz CT molecular complexity index is 584. The van der Waals surface area contributed by atoms with E-state index in [4.69, 9.17) is 20.9 Å². The van der Waals surface area contributed by atoms with Crippen LogP contribution < -0.4 is 11.6 Å². The maximum atomic E-state index is 9.47. The zero-order chi connectivity index (χ0) is 30.9. The summed E-state index contributed by atoms with van der Waals surface area (Å²) in [5.74, 6) is 7.75. The van der Waals surface area contributed by atoms with Crippen LogP contribution in [0.15, 0.2) is 0 Å². The molecule has 3 unspecified atom stereocenters. The van der Waals surface area contributed by atoms with Gasteiger partial charge in [0, 0.05) is 18.4 Å². The van der Waals surface area contributed by atoms with Crippen LogP contribution in [0.3, 0.4) is 0 Å². The van der Waals surface area contributed by atoms with Gasteiger partial charge in [-0.3, -0.25) is 0 Å². The van der Waals surface area contributed by atoms with Crippen LogP contribution in [0.1, 0.15) is 169 Å². The molecule has 0 amide bonds. The average Bonchev–Trinajstić information content (AvgIpc) is 3.01. The van der Waals surface area contributed by atoms with Gasteiger partial charge >= 0.3 is 0 Å². The van der Waals surface area contributed by atoms with Crippen molar-refractivity contribution < 1.29 is 15.1 Å². The van der Waals surface area contributed by atoms with Gasteiger partial charge in [-0.15, -0.1) is 0 Å². The van der Waals surface area contributed by atoms with Crippen LogP contribution in [-0.4, -0.2) is 28.7 Å². The van der Waals surface area contributed by atoms with Crippen molar-refractivity contribution in [1.82, 2.24) is 0 Å². The number of hydrogen-bond acceptors (Lipinski definition) is 6. The van der Waals surface area contributed by atoms with E-state index in [1.54, 1.807) is 0 Å². The molecule has 0 radical (unpaired) electrons. The first-order valence-electron chi connectivity index (χ1n) is 17.6. The largest absolute Gasteiger partial charge is 0.368 e. The van der Waals surface area contributed by atoms with Crippen LogP contribution in [0.25, 0.3) is 0 Å². The Kier molecular flexibility index (Phi) is 26.4. The lowest BCUT2D eigenvalue weighted by Gasteiger charge is -2.38. The fraction of sp³-hybridized carbons (Fsp3) is 0.971. The number of nitriles is 1. The number of unbranched alkanes of at least 4 members (excludes halogenated alkanes) is 5. The van der Waals surface area contributed by atoms with Crippen LogP contribution in [-0.2, 0) is 4.74 Å². The second-order valence-corrected chi connectivity index (χ2v) is 13.3. The smallest absolute Gasteiger partial charge is 0.156 e. The highest BCUT2D eigenvalue weighted by atomic mass is 16.6. The highest BCUT2D eigenvalue weighted by molar-refractivity contribution is 4.89. The van der Waals surface area contributed by atoms with Gasteiger partial charge in [-0.25, -0.2) is 5.90 Å². The molecule has 6 nitrogen and oxygen atoms in total. The summed E-state index contributed by atoms with van der Waals surface area (Å²) in [6.07, 6.45) is 26.8. The summed E-state index contributed by atoms with van der Waals surface area (Å²) in [4.78, 5) is 0. The fourth-order valence-electron chi connectivity index (χ4n) is 6.89. The van der Waals surface area contributed by atoms with Gasteiger partial charge < -0.3 is 20.8 Å². The van der Waals surface area contributed by atoms with Crippen molar-refractivity contribution in [2.75, 3.05) is 0 Å². The third-order valence-electron chi connectivity index (χ3n) is 9.82. The predicted octanol–water partition coefficient (Wildman–Crippen LogP) is 9.26. The van der Waals surface area contributed by atoms with Gasteiger partial charge in [-0.1, -0.05) is 91.9 Å². The molecule has 0 aliphatic heterocycles. The second-order valence-electron chi connectivity index (χ2n) is 13.3. The molecular weight excluding hydrogens is 510 g/mol. The van der Waals surface area contributed by atoms with Crippen LogP contribution >= 0.6 is 0 Å². The number of nitrogens with two attached hydrogens (primary N) is 2. The van der Waals surface area contributed by atoms with Gasteiger partial charge in [-0.05, 0) is 94.8 Å². The van der Waals surface area contributed by atoms with E-state index >= 15 is 0 Å². The predicted molar refractivity (Wildman–Crippen MR) is 173 cm³/mol. The molecule has 244 valence electrons. The Morgan fingerprint density at radius 1 is 0.756 bits per heavy atom. The molecule has 3 atom stereocenters. The monoisotopic (exact) mass is 582 g/mol. The molecule has 41 heavy (non-hydrogen) atoms. The first-order chi connectivity index (χ1) is 19.8. The molecular formula is C35H71N3O3. The summed E-state index contributed by atoms with van der Waals surface area (Å²) < 4.78 is 5.48. The van der Waals surface area contributed by atoms with E-state index in [0.29, 0.717) is 12.3 Å². The molecule has 0 heterocycles. The third-order valence-corrected chi connectivity index (χ3v) is 9.82. The number of ether oxygens (including phenoxy) is 1. The second kappa shape index (κ2) is 26.9. The Morgan fingerprint density at radius 2 is 1.24 bits per heavy atom. The quantitative estimate of drug-likeness (QED) is 0.103. The van der Waals surface area contributed by atoms with E-state index in [2.05, 4.69) is 39.7 Å². The van der Waals surface area contributed by atoms with Gasteiger partial charge in [0.25, 0.3) is 0 Å². The Morgan fingerprint density at radius 3 is 1.66 bits per heavy atom. The highest BCUT2D eigenvalue weighted by Crippen LogP contribution is 2.43. The number of hydrogen-bond donors (Lipinski definition) is 4. The molecule has 0 aromatic heterocycles. The molecule has 6 heteroatoms. The summed E-state index contributed by atoms with van der Waals surface area (Å²) in [5.41, 5.74) is 5.56. The standard InChI is InChI=1S/C17H29N.C10H21NO2.C8H18.H3NO/c1-3-13(2)15-8-10-17(11-9-15)16-6-4-14(12-18)5-7-16;1-8(11)7-10(12)13-9-5-3-2-4-6-9;1-3-5-7-8-6-4-2;1-2/h13-17H,3-11H2,1-2H3;8-10,12H,2-7,11H2,1H3;3-8H2,1-2H3;2H,1H2. The number of aliphatic hydroxyl groups is 1. The molecule has 0 saturated heterocycles. The lowest BCUT2D eigenvalue weighted by Crippen LogP contribution is -2.29. The first-order valence-corrected chi connectivity index (χ1v) is 17.6. The minimum Gasteiger partial charge on any atom is -0.368 e.